The number of carbonyl (C=O) groups is 1. The molecular formula is C10H20N2O5S. The van der Waals surface area contributed by atoms with Crippen molar-refractivity contribution in [2.24, 2.45) is 11.8 Å². The van der Waals surface area contributed by atoms with Gasteiger partial charge < -0.3 is 5.11 Å². The van der Waals surface area contributed by atoms with Crippen molar-refractivity contribution in [1.29, 1.82) is 0 Å². The summed E-state index contributed by atoms with van der Waals surface area (Å²) < 4.78 is 24.8. The maximum atomic E-state index is 11.8. The molecule has 0 saturated carbocycles. The molecule has 0 radical (unpaired) electrons. The van der Waals surface area contributed by atoms with E-state index in [4.69, 9.17) is 9.94 Å². The largest absolute Gasteiger partial charge is 0.481 e. The van der Waals surface area contributed by atoms with E-state index in [0.717, 1.165) is 4.31 Å². The van der Waals surface area contributed by atoms with Crippen LogP contribution >= 0.6 is 0 Å². The molecule has 1 saturated heterocycles. The van der Waals surface area contributed by atoms with Crippen molar-refractivity contribution in [3.05, 3.63) is 0 Å². The molecule has 0 bridgehead atoms. The number of nitrogens with zero attached hydrogens (tertiary/aromatic N) is 1. The van der Waals surface area contributed by atoms with Crippen LogP contribution in [-0.4, -0.2) is 43.5 Å². The minimum atomic E-state index is -3.75. The number of carboxylic acid groups (broad SMARTS) is 1. The topological polar surface area (TPSA) is 95.9 Å². The average molecular weight is 280 g/mol. The van der Waals surface area contributed by atoms with E-state index in [0.29, 0.717) is 19.4 Å². The van der Waals surface area contributed by atoms with Crippen molar-refractivity contribution in [2.75, 3.05) is 19.7 Å². The van der Waals surface area contributed by atoms with Crippen LogP contribution < -0.4 is 4.89 Å². The second kappa shape index (κ2) is 6.46. The van der Waals surface area contributed by atoms with E-state index in [2.05, 4.69) is 0 Å². The van der Waals surface area contributed by atoms with Gasteiger partial charge >= 0.3 is 16.2 Å². The average Bonchev–Trinajstić information content (AvgIpc) is 2.28. The Morgan fingerprint density at radius 2 is 2.22 bits per heavy atom. The number of nitrogens with one attached hydrogen (secondary N) is 1. The van der Waals surface area contributed by atoms with Crippen LogP contribution in [-0.2, 0) is 19.8 Å². The lowest BCUT2D eigenvalue weighted by Gasteiger charge is -2.29. The number of piperidine rings is 1. The normalized spacial score (nSPS) is 22.3. The molecule has 0 aromatic rings. The van der Waals surface area contributed by atoms with Gasteiger partial charge in [-0.05, 0) is 18.8 Å². The van der Waals surface area contributed by atoms with Crippen molar-refractivity contribution in [3.8, 4) is 0 Å². The van der Waals surface area contributed by atoms with E-state index < -0.39 is 22.1 Å². The Kier molecular flexibility index (Phi) is 5.51. The molecule has 7 nitrogen and oxygen atoms in total. The van der Waals surface area contributed by atoms with Gasteiger partial charge in [0.25, 0.3) is 0 Å². The van der Waals surface area contributed by atoms with Gasteiger partial charge in [0.15, 0.2) is 0 Å². The molecule has 106 valence electrons. The fourth-order valence-corrected chi connectivity index (χ4v) is 2.76. The first-order valence-corrected chi connectivity index (χ1v) is 7.38. The van der Waals surface area contributed by atoms with Crippen molar-refractivity contribution in [3.63, 3.8) is 0 Å². The maximum Gasteiger partial charge on any atom is 0.307 e. The molecule has 1 atom stereocenters. The standard InChI is InChI=1S/C10H20N2O5S/c1-8(2)7-17-11-18(15,16)12-5-3-4-9(6-12)10(13)14/h8-9,11H,3-7H2,1-2H3,(H,13,14). The van der Waals surface area contributed by atoms with E-state index in [9.17, 15) is 13.2 Å². The van der Waals surface area contributed by atoms with E-state index in [-0.39, 0.29) is 19.1 Å². The third-order valence-corrected chi connectivity index (χ3v) is 3.99. The maximum absolute atomic E-state index is 11.8. The van der Waals surface area contributed by atoms with Gasteiger partial charge in [-0.3, -0.25) is 9.63 Å². The van der Waals surface area contributed by atoms with E-state index in [1.807, 2.05) is 18.7 Å². The van der Waals surface area contributed by atoms with Crippen LogP contribution in [0.15, 0.2) is 0 Å². The molecule has 1 rings (SSSR count). The lowest BCUT2D eigenvalue weighted by atomic mass is 10.0. The molecular weight excluding hydrogens is 260 g/mol. The van der Waals surface area contributed by atoms with E-state index in [1.165, 1.54) is 0 Å². The third-order valence-electron chi connectivity index (χ3n) is 2.65. The van der Waals surface area contributed by atoms with Gasteiger partial charge in [0.05, 0.1) is 12.5 Å². The summed E-state index contributed by atoms with van der Waals surface area (Å²) in [5.41, 5.74) is 0. The van der Waals surface area contributed by atoms with Gasteiger partial charge in [-0.1, -0.05) is 18.7 Å². The summed E-state index contributed by atoms with van der Waals surface area (Å²) in [6, 6.07) is 0. The summed E-state index contributed by atoms with van der Waals surface area (Å²) in [5.74, 6) is -1.39. The predicted molar refractivity (Wildman–Crippen MR) is 64.8 cm³/mol. The SMILES string of the molecule is CC(C)CONS(=O)(=O)N1CCCC(C(=O)O)C1. The van der Waals surface area contributed by atoms with Crippen LogP contribution in [0, 0.1) is 11.8 Å². The highest BCUT2D eigenvalue weighted by molar-refractivity contribution is 7.87. The van der Waals surface area contributed by atoms with Crippen LogP contribution in [0.25, 0.3) is 0 Å². The summed E-state index contributed by atoms with van der Waals surface area (Å²) in [4.78, 5) is 17.8. The summed E-state index contributed by atoms with van der Waals surface area (Å²) in [7, 11) is -3.75. The molecule has 8 heteroatoms. The second-order valence-corrected chi connectivity index (χ2v) is 6.46. The highest BCUT2D eigenvalue weighted by atomic mass is 32.2. The molecule has 1 heterocycles. The smallest absolute Gasteiger partial charge is 0.307 e. The van der Waals surface area contributed by atoms with Crippen molar-refractivity contribution < 1.29 is 23.2 Å². The van der Waals surface area contributed by atoms with Gasteiger partial charge in [-0.25, -0.2) is 0 Å². The Hall–Kier alpha value is -0.700. The molecule has 0 spiro atoms. The molecule has 0 aromatic carbocycles. The summed E-state index contributed by atoms with van der Waals surface area (Å²) in [6.07, 6.45) is 1.05. The van der Waals surface area contributed by atoms with Crippen LogP contribution in [0.3, 0.4) is 0 Å². The molecule has 0 aliphatic carbocycles. The minimum absolute atomic E-state index is 0.00426. The number of rotatable bonds is 6. The summed E-state index contributed by atoms with van der Waals surface area (Å²) >= 11 is 0. The Labute approximate surface area is 107 Å². The number of hydrogen-bond acceptors (Lipinski definition) is 4. The van der Waals surface area contributed by atoms with Crippen LogP contribution in [0.1, 0.15) is 26.7 Å². The monoisotopic (exact) mass is 280 g/mol. The van der Waals surface area contributed by atoms with Crippen LogP contribution in [0.5, 0.6) is 0 Å². The Bertz CT molecular complexity index is 382. The number of carboxylic acids is 1. The van der Waals surface area contributed by atoms with Gasteiger partial charge in [0.2, 0.25) is 0 Å². The Morgan fingerprint density at radius 1 is 1.56 bits per heavy atom. The fourth-order valence-electron chi connectivity index (χ4n) is 1.69. The molecule has 1 aliphatic heterocycles. The van der Waals surface area contributed by atoms with E-state index >= 15 is 0 Å². The van der Waals surface area contributed by atoms with Crippen LogP contribution in [0.2, 0.25) is 0 Å². The zero-order chi connectivity index (χ0) is 13.8. The first-order valence-electron chi connectivity index (χ1n) is 5.94. The lowest BCUT2D eigenvalue weighted by molar-refractivity contribution is -0.142. The molecule has 1 fully saturated rings. The minimum Gasteiger partial charge on any atom is -0.481 e. The molecule has 1 unspecified atom stereocenters. The molecule has 18 heavy (non-hydrogen) atoms. The summed E-state index contributed by atoms with van der Waals surface area (Å²) in [6.45, 7) is 4.39. The highest BCUT2D eigenvalue weighted by Crippen LogP contribution is 2.18. The first-order chi connectivity index (χ1) is 8.33. The van der Waals surface area contributed by atoms with Crippen molar-refractivity contribution in [1.82, 2.24) is 9.19 Å². The zero-order valence-electron chi connectivity index (χ0n) is 10.6. The zero-order valence-corrected chi connectivity index (χ0v) is 11.4. The van der Waals surface area contributed by atoms with Gasteiger partial charge in [-0.15, -0.1) is 0 Å². The fraction of sp³-hybridized carbons (Fsp3) is 0.900. The van der Waals surface area contributed by atoms with Crippen LogP contribution in [0.4, 0.5) is 0 Å². The van der Waals surface area contributed by atoms with E-state index in [1.54, 1.807) is 0 Å². The highest BCUT2D eigenvalue weighted by Gasteiger charge is 2.32. The summed E-state index contributed by atoms with van der Waals surface area (Å²) in [5, 5.41) is 8.90. The lowest BCUT2D eigenvalue weighted by Crippen LogP contribution is -2.47. The number of hydrogen-bond donors (Lipinski definition) is 2. The number of aliphatic carboxylic acids is 1. The molecule has 0 aromatic heterocycles. The van der Waals surface area contributed by atoms with Gasteiger partial charge in [0, 0.05) is 13.1 Å². The predicted octanol–water partition coefficient (Wildman–Crippen LogP) is 0.205. The Balaban J connectivity index is 2.53. The quantitative estimate of drug-likeness (QED) is 0.678. The van der Waals surface area contributed by atoms with Gasteiger partial charge in [-0.2, -0.15) is 12.7 Å². The van der Waals surface area contributed by atoms with Crippen molar-refractivity contribution >= 4 is 16.2 Å². The third kappa shape index (κ3) is 4.52. The molecule has 0 amide bonds. The molecule has 2 N–H and O–H groups in total. The Morgan fingerprint density at radius 3 is 2.78 bits per heavy atom. The van der Waals surface area contributed by atoms with Gasteiger partial charge in [0.1, 0.15) is 0 Å². The van der Waals surface area contributed by atoms with Crippen molar-refractivity contribution in [2.45, 2.75) is 26.7 Å². The second-order valence-electron chi connectivity index (χ2n) is 4.83. The molecule has 1 aliphatic rings. The first kappa shape index (κ1) is 15.4.